The first-order valence-corrected chi connectivity index (χ1v) is 15.4. The zero-order valence-electron chi connectivity index (χ0n) is 26.2. The van der Waals surface area contributed by atoms with Crippen LogP contribution in [0.5, 0.6) is 17.2 Å². The van der Waals surface area contributed by atoms with Gasteiger partial charge in [0, 0.05) is 18.7 Å². The molecule has 1 fully saturated rings. The number of carbonyl (C=O) groups is 2. The van der Waals surface area contributed by atoms with Crippen LogP contribution >= 0.6 is 0 Å². The van der Waals surface area contributed by atoms with Crippen molar-refractivity contribution in [2.24, 2.45) is 0 Å². The summed E-state index contributed by atoms with van der Waals surface area (Å²) in [5.41, 5.74) is 1.99. The number of aliphatic hydroxyl groups is 1. The lowest BCUT2D eigenvalue weighted by atomic mass is 9.93. The second-order valence-corrected chi connectivity index (χ2v) is 10.7. The highest BCUT2D eigenvalue weighted by molar-refractivity contribution is 6.46. The Morgan fingerprint density at radius 2 is 1.62 bits per heavy atom. The van der Waals surface area contributed by atoms with Gasteiger partial charge >= 0.3 is 0 Å². The van der Waals surface area contributed by atoms with E-state index in [0.29, 0.717) is 54.7 Å². The van der Waals surface area contributed by atoms with E-state index in [4.69, 9.17) is 14.2 Å². The van der Waals surface area contributed by atoms with E-state index >= 15 is 0 Å². The normalized spacial score (nSPS) is 16.4. The number of hydrogen-bond acceptors (Lipinski definition) is 7. The number of rotatable bonds is 17. The number of ether oxygens (including phenoxy) is 3. The van der Waals surface area contributed by atoms with Gasteiger partial charge in [-0.2, -0.15) is 0 Å². The molecule has 1 N–H and O–H groups in total. The van der Waals surface area contributed by atoms with Gasteiger partial charge in [0.25, 0.3) is 11.7 Å². The lowest BCUT2D eigenvalue weighted by Crippen LogP contribution is -2.38. The van der Waals surface area contributed by atoms with Crippen LogP contribution < -0.4 is 14.2 Å². The number of aliphatic hydroxyl groups excluding tert-OH is 1. The fraction of sp³-hybridized carbons (Fsp3) is 0.529. The molecule has 0 aliphatic carbocycles. The van der Waals surface area contributed by atoms with Gasteiger partial charge < -0.3 is 29.1 Å². The first kappa shape index (κ1) is 33.0. The topological polar surface area (TPSA) is 88.5 Å². The van der Waals surface area contributed by atoms with Crippen LogP contribution in [0.2, 0.25) is 0 Å². The summed E-state index contributed by atoms with van der Waals surface area (Å²) in [6.07, 6.45) is 5.09. The van der Waals surface area contributed by atoms with Crippen molar-refractivity contribution in [3.63, 3.8) is 0 Å². The zero-order valence-corrected chi connectivity index (χ0v) is 26.2. The predicted octanol–water partition coefficient (Wildman–Crippen LogP) is 6.52. The van der Waals surface area contributed by atoms with Gasteiger partial charge in [-0.05, 0) is 74.3 Å². The van der Waals surface area contributed by atoms with E-state index in [9.17, 15) is 14.7 Å². The summed E-state index contributed by atoms with van der Waals surface area (Å²) in [5.74, 6) is 0.312. The number of nitrogens with zero attached hydrogens (tertiary/aromatic N) is 2. The van der Waals surface area contributed by atoms with Crippen LogP contribution in [0.4, 0.5) is 0 Å². The maximum atomic E-state index is 13.6. The number of likely N-dealkylation sites (tertiary alicyclic amines) is 1. The van der Waals surface area contributed by atoms with E-state index in [1.54, 1.807) is 30.2 Å². The fourth-order valence-electron chi connectivity index (χ4n) is 5.22. The number of ketones is 1. The van der Waals surface area contributed by atoms with Crippen molar-refractivity contribution < 1.29 is 28.9 Å². The van der Waals surface area contributed by atoms with Crippen LogP contribution in [0.3, 0.4) is 0 Å². The molecule has 3 rings (SSSR count). The number of amides is 1. The fourth-order valence-corrected chi connectivity index (χ4v) is 5.22. The molecule has 1 aliphatic rings. The average molecular weight is 581 g/mol. The maximum absolute atomic E-state index is 13.6. The maximum Gasteiger partial charge on any atom is 0.295 e. The van der Waals surface area contributed by atoms with Crippen molar-refractivity contribution in [3.05, 3.63) is 58.7 Å². The summed E-state index contributed by atoms with van der Waals surface area (Å²) < 4.78 is 17.5. The molecule has 1 atom stereocenters. The predicted molar refractivity (Wildman–Crippen MR) is 166 cm³/mol. The molecule has 2 aromatic rings. The molecule has 1 saturated heterocycles. The molecule has 1 unspecified atom stereocenters. The Labute approximate surface area is 251 Å². The van der Waals surface area contributed by atoms with Crippen molar-refractivity contribution >= 4 is 17.4 Å². The molecule has 8 nitrogen and oxygen atoms in total. The lowest BCUT2D eigenvalue weighted by molar-refractivity contribution is -0.140. The Kier molecular flexibility index (Phi) is 12.7. The standard InChI is InChI=1S/C34H48N2O6/c1-7-11-13-21-42-28-17-14-25(23-29(28)40-6)31-30(33(38)34(39)36(31)19-18-35(9-3)10-4)32(37)27-16-15-26(22-24(27)5)41-20-12-8-2/h14-17,22-23,31,37H,7-13,18-21H2,1-6H3. The van der Waals surface area contributed by atoms with E-state index in [1.807, 2.05) is 25.1 Å². The van der Waals surface area contributed by atoms with Crippen molar-refractivity contribution in [1.29, 1.82) is 0 Å². The molecular formula is C34H48N2O6. The van der Waals surface area contributed by atoms with Crippen molar-refractivity contribution in [2.75, 3.05) is 46.5 Å². The molecule has 0 saturated carbocycles. The molecule has 0 spiro atoms. The molecule has 2 aromatic carbocycles. The van der Waals surface area contributed by atoms with Gasteiger partial charge in [-0.1, -0.05) is 53.0 Å². The molecule has 0 radical (unpaired) electrons. The molecule has 0 aromatic heterocycles. The molecule has 230 valence electrons. The molecule has 1 aliphatic heterocycles. The van der Waals surface area contributed by atoms with Gasteiger partial charge in [-0.3, -0.25) is 9.59 Å². The van der Waals surface area contributed by atoms with Gasteiger partial charge in [0.15, 0.2) is 11.5 Å². The lowest BCUT2D eigenvalue weighted by Gasteiger charge is -2.28. The summed E-state index contributed by atoms with van der Waals surface area (Å²) in [4.78, 5) is 30.8. The first-order chi connectivity index (χ1) is 20.3. The number of hydrogen-bond donors (Lipinski definition) is 1. The highest BCUT2D eigenvalue weighted by atomic mass is 16.5. The van der Waals surface area contributed by atoms with E-state index < -0.39 is 17.7 Å². The van der Waals surface area contributed by atoms with Crippen molar-refractivity contribution in [3.8, 4) is 17.2 Å². The Hall–Kier alpha value is -3.52. The highest BCUT2D eigenvalue weighted by Crippen LogP contribution is 2.42. The van der Waals surface area contributed by atoms with Crippen LogP contribution in [0.1, 0.15) is 82.5 Å². The van der Waals surface area contributed by atoms with Gasteiger partial charge in [-0.25, -0.2) is 0 Å². The zero-order chi connectivity index (χ0) is 30.6. The number of unbranched alkanes of at least 4 members (excludes halogenated alkanes) is 3. The minimum absolute atomic E-state index is 0.0703. The van der Waals surface area contributed by atoms with Crippen molar-refractivity contribution in [1.82, 2.24) is 9.80 Å². The Morgan fingerprint density at radius 3 is 2.26 bits per heavy atom. The number of aryl methyl sites for hydroxylation is 1. The second-order valence-electron chi connectivity index (χ2n) is 10.7. The second kappa shape index (κ2) is 16.2. The number of methoxy groups -OCH3 is 1. The van der Waals surface area contributed by atoms with Crippen LogP contribution in [0.15, 0.2) is 42.0 Å². The largest absolute Gasteiger partial charge is 0.507 e. The Bertz CT molecular complexity index is 1240. The number of likely N-dealkylation sites (N-methyl/N-ethyl adjacent to an activating group) is 1. The van der Waals surface area contributed by atoms with Crippen LogP contribution in [-0.2, 0) is 9.59 Å². The molecule has 42 heavy (non-hydrogen) atoms. The SMILES string of the molecule is CCCCCOc1ccc(C2C(=C(O)c3ccc(OCCCC)cc3C)C(=O)C(=O)N2CCN(CC)CC)cc1OC. The van der Waals surface area contributed by atoms with Gasteiger partial charge in [-0.15, -0.1) is 0 Å². The molecule has 1 amide bonds. The number of benzene rings is 2. The van der Waals surface area contributed by atoms with E-state index in [0.717, 1.165) is 50.8 Å². The molecule has 0 bridgehead atoms. The number of carbonyl (C=O) groups excluding carboxylic acids is 2. The summed E-state index contributed by atoms with van der Waals surface area (Å²) in [6, 6.07) is 10.1. The molecule has 8 heteroatoms. The van der Waals surface area contributed by atoms with Gasteiger partial charge in [0.2, 0.25) is 0 Å². The van der Waals surface area contributed by atoms with Crippen molar-refractivity contribution in [2.45, 2.75) is 72.8 Å². The third-order valence-corrected chi connectivity index (χ3v) is 7.82. The van der Waals surface area contributed by atoms with Gasteiger partial charge in [0.1, 0.15) is 11.5 Å². The monoisotopic (exact) mass is 580 g/mol. The smallest absolute Gasteiger partial charge is 0.295 e. The van der Waals surface area contributed by atoms with E-state index in [-0.39, 0.29) is 11.3 Å². The summed E-state index contributed by atoms with van der Waals surface area (Å²) in [7, 11) is 1.57. The quantitative estimate of drug-likeness (QED) is 0.0987. The Morgan fingerprint density at radius 1 is 0.905 bits per heavy atom. The minimum Gasteiger partial charge on any atom is -0.507 e. The van der Waals surface area contributed by atoms with E-state index in [1.165, 1.54) is 0 Å². The highest BCUT2D eigenvalue weighted by Gasteiger charge is 2.46. The molecular weight excluding hydrogens is 532 g/mol. The van der Waals surface area contributed by atoms with Crippen LogP contribution in [0.25, 0.3) is 5.76 Å². The van der Waals surface area contributed by atoms with Crippen LogP contribution in [0, 0.1) is 6.92 Å². The number of Topliss-reactive ketones (excluding diaryl/α,β-unsaturated/α-hetero) is 1. The molecule has 1 heterocycles. The summed E-state index contributed by atoms with van der Waals surface area (Å²) >= 11 is 0. The third kappa shape index (κ3) is 7.85. The minimum atomic E-state index is -0.775. The summed E-state index contributed by atoms with van der Waals surface area (Å²) in [6.45, 7) is 14.0. The first-order valence-electron chi connectivity index (χ1n) is 15.4. The third-order valence-electron chi connectivity index (χ3n) is 7.82. The summed E-state index contributed by atoms with van der Waals surface area (Å²) in [5, 5.41) is 11.6. The van der Waals surface area contributed by atoms with Crippen LogP contribution in [-0.4, -0.2) is 73.1 Å². The average Bonchev–Trinajstić information content (AvgIpc) is 3.25. The van der Waals surface area contributed by atoms with Gasteiger partial charge in [0.05, 0.1) is 31.9 Å². The van der Waals surface area contributed by atoms with E-state index in [2.05, 4.69) is 32.6 Å². The Balaban J connectivity index is 2.06.